The predicted octanol–water partition coefficient (Wildman–Crippen LogP) is 1.70. The molecular weight excluding hydrogens is 124 g/mol. The second kappa shape index (κ2) is 6.75. The Labute approximate surface area is 64.5 Å². The van der Waals surface area contributed by atoms with Crippen LogP contribution in [0, 0.1) is 5.41 Å². The first kappa shape index (κ1) is 12.3. The third-order valence-corrected chi connectivity index (χ3v) is 0.871. The van der Waals surface area contributed by atoms with Gasteiger partial charge in [-0.25, -0.2) is 0 Å². The Balaban J connectivity index is 0. The topological polar surface area (TPSA) is 38.4 Å². The summed E-state index contributed by atoms with van der Waals surface area (Å²) in [5, 5.41) is 0. The van der Waals surface area contributed by atoms with E-state index in [0.29, 0.717) is 5.41 Å². The van der Waals surface area contributed by atoms with Crippen LogP contribution in [-0.4, -0.2) is 19.8 Å². The zero-order valence-corrected chi connectivity index (χ0v) is 7.81. The summed E-state index contributed by atoms with van der Waals surface area (Å²) in [6.07, 6.45) is 1.75. The lowest BCUT2D eigenvalue weighted by Gasteiger charge is -2.12. The maximum Gasteiger partial charge on any atom is 0.0273 e. The van der Waals surface area contributed by atoms with Gasteiger partial charge in [0.2, 0.25) is 0 Å². The molecule has 0 aliphatic rings. The van der Waals surface area contributed by atoms with E-state index >= 15 is 0 Å². The van der Waals surface area contributed by atoms with E-state index in [1.54, 1.807) is 13.3 Å². The largest absolute Gasteiger partial charge is 0.330 e. The molecule has 0 rings (SSSR count). The van der Waals surface area contributed by atoms with Gasteiger partial charge in [-0.1, -0.05) is 20.8 Å². The van der Waals surface area contributed by atoms with Gasteiger partial charge in [0.1, 0.15) is 0 Å². The van der Waals surface area contributed by atoms with Crippen molar-refractivity contribution in [1.82, 2.24) is 0 Å². The molecule has 0 aromatic carbocycles. The first-order valence-corrected chi connectivity index (χ1v) is 3.54. The van der Waals surface area contributed by atoms with Crippen LogP contribution in [0.1, 0.15) is 27.7 Å². The van der Waals surface area contributed by atoms with E-state index in [1.807, 2.05) is 6.92 Å². The lowest BCUT2D eigenvalue weighted by Crippen LogP contribution is -2.18. The van der Waals surface area contributed by atoms with E-state index in [4.69, 9.17) is 5.73 Å². The molecule has 0 aromatic rings. The normalized spacial score (nSPS) is 11.0. The van der Waals surface area contributed by atoms with Crippen molar-refractivity contribution < 1.29 is 0 Å². The molecule has 0 aliphatic heterocycles. The van der Waals surface area contributed by atoms with Crippen LogP contribution in [0.4, 0.5) is 0 Å². The summed E-state index contributed by atoms with van der Waals surface area (Å²) in [5.74, 6) is 0. The van der Waals surface area contributed by atoms with Crippen LogP contribution in [-0.2, 0) is 0 Å². The Morgan fingerprint density at radius 1 is 1.40 bits per heavy atom. The molecule has 62 valence electrons. The molecule has 0 spiro atoms. The fourth-order valence-electron chi connectivity index (χ4n) is 0. The Kier molecular flexibility index (Phi) is 8.31. The van der Waals surface area contributed by atoms with Crippen molar-refractivity contribution in [3.63, 3.8) is 0 Å². The maximum atomic E-state index is 5.31. The van der Waals surface area contributed by atoms with Gasteiger partial charge in [-0.3, -0.25) is 0 Å². The van der Waals surface area contributed by atoms with Crippen LogP contribution >= 0.6 is 0 Å². The van der Waals surface area contributed by atoms with E-state index < -0.39 is 0 Å². The van der Waals surface area contributed by atoms with Gasteiger partial charge < -0.3 is 10.7 Å². The van der Waals surface area contributed by atoms with Gasteiger partial charge in [-0.15, -0.1) is 0 Å². The lowest BCUT2D eigenvalue weighted by molar-refractivity contribution is 0.428. The summed E-state index contributed by atoms with van der Waals surface area (Å²) in [5.41, 5.74) is 5.62. The van der Waals surface area contributed by atoms with Crippen molar-refractivity contribution in [3.05, 3.63) is 0 Å². The second-order valence-corrected chi connectivity index (χ2v) is 3.28. The van der Waals surface area contributed by atoms with Gasteiger partial charge >= 0.3 is 0 Å². The fourth-order valence-corrected chi connectivity index (χ4v) is 0. The van der Waals surface area contributed by atoms with E-state index in [9.17, 15) is 0 Å². The monoisotopic (exact) mass is 144 g/mol. The Morgan fingerprint density at radius 2 is 1.60 bits per heavy atom. The van der Waals surface area contributed by atoms with Crippen LogP contribution in [0.15, 0.2) is 4.99 Å². The first-order chi connectivity index (χ1) is 4.47. The molecule has 0 amide bonds. The summed E-state index contributed by atoms with van der Waals surface area (Å²) < 4.78 is 0. The van der Waals surface area contributed by atoms with Gasteiger partial charge in [-0.05, 0) is 25.1 Å². The molecule has 0 saturated carbocycles. The Morgan fingerprint density at radius 3 is 1.60 bits per heavy atom. The van der Waals surface area contributed by atoms with Crippen molar-refractivity contribution in [3.8, 4) is 0 Å². The van der Waals surface area contributed by atoms with Crippen LogP contribution in [0.25, 0.3) is 0 Å². The summed E-state index contributed by atoms with van der Waals surface area (Å²) >= 11 is 0. The minimum absolute atomic E-state index is 0.319. The predicted molar refractivity (Wildman–Crippen MR) is 48.6 cm³/mol. The van der Waals surface area contributed by atoms with Crippen LogP contribution in [0.3, 0.4) is 0 Å². The summed E-state index contributed by atoms with van der Waals surface area (Å²) in [6.45, 7) is 9.01. The van der Waals surface area contributed by atoms with Gasteiger partial charge in [0.25, 0.3) is 0 Å². The smallest absolute Gasteiger partial charge is 0.0273 e. The number of hydrogen-bond acceptors (Lipinski definition) is 2. The highest BCUT2D eigenvalue weighted by molar-refractivity contribution is 5.52. The van der Waals surface area contributed by atoms with Gasteiger partial charge in [0.15, 0.2) is 0 Å². The molecule has 2 N–H and O–H groups in total. The molecule has 2 nitrogen and oxygen atoms in total. The van der Waals surface area contributed by atoms with Crippen LogP contribution in [0.5, 0.6) is 0 Å². The molecule has 0 saturated heterocycles. The average Bonchev–Trinajstić information content (AvgIpc) is 1.87. The third-order valence-electron chi connectivity index (χ3n) is 0.871. The van der Waals surface area contributed by atoms with E-state index in [1.165, 1.54) is 0 Å². The highest BCUT2D eigenvalue weighted by Crippen LogP contribution is 2.07. The van der Waals surface area contributed by atoms with Crippen LogP contribution in [0.2, 0.25) is 0 Å². The van der Waals surface area contributed by atoms with Crippen molar-refractivity contribution >= 4 is 6.21 Å². The SMILES string of the molecule is CC(C)(C)CN.CC=NC. The number of aliphatic imine (C=N–C) groups is 1. The van der Waals surface area contributed by atoms with Crippen molar-refractivity contribution in [2.24, 2.45) is 16.1 Å². The Hall–Kier alpha value is -0.370. The quantitative estimate of drug-likeness (QED) is 0.516. The minimum atomic E-state index is 0.319. The molecule has 0 unspecified atom stereocenters. The van der Waals surface area contributed by atoms with Crippen molar-refractivity contribution in [2.75, 3.05) is 13.6 Å². The molecule has 0 fully saturated rings. The zero-order chi connectivity index (χ0) is 8.62. The van der Waals surface area contributed by atoms with Crippen LogP contribution < -0.4 is 5.73 Å². The molecule has 10 heavy (non-hydrogen) atoms. The number of hydrogen-bond donors (Lipinski definition) is 1. The van der Waals surface area contributed by atoms with Gasteiger partial charge in [0.05, 0.1) is 0 Å². The maximum absolute atomic E-state index is 5.31. The third kappa shape index (κ3) is 25.5. The van der Waals surface area contributed by atoms with E-state index in [2.05, 4.69) is 25.8 Å². The number of nitrogens with zero attached hydrogens (tertiary/aromatic N) is 1. The summed E-state index contributed by atoms with van der Waals surface area (Å²) in [4.78, 5) is 3.61. The highest BCUT2D eigenvalue weighted by atomic mass is 14.6. The fraction of sp³-hybridized carbons (Fsp3) is 0.875. The lowest BCUT2D eigenvalue weighted by atomic mass is 9.98. The minimum Gasteiger partial charge on any atom is -0.330 e. The summed E-state index contributed by atoms with van der Waals surface area (Å²) in [7, 11) is 1.75. The Bertz CT molecular complexity index is 75.7. The average molecular weight is 144 g/mol. The zero-order valence-electron chi connectivity index (χ0n) is 7.81. The molecule has 0 aliphatic carbocycles. The summed E-state index contributed by atoms with van der Waals surface area (Å²) in [6, 6.07) is 0. The number of rotatable bonds is 0. The molecule has 0 bridgehead atoms. The number of nitrogens with two attached hydrogens (primary N) is 1. The second-order valence-electron chi connectivity index (χ2n) is 3.28. The standard InChI is InChI=1S/C5H13N.C3H7N/c1-5(2,3)4-6;1-3-4-2/h4,6H2,1-3H3;3H,1-2H3. The first-order valence-electron chi connectivity index (χ1n) is 3.54. The molecular formula is C8H20N2. The van der Waals surface area contributed by atoms with Gasteiger partial charge in [-0.2, -0.15) is 0 Å². The molecule has 0 aromatic heterocycles. The molecule has 2 heteroatoms. The van der Waals surface area contributed by atoms with E-state index in [-0.39, 0.29) is 0 Å². The molecule has 0 heterocycles. The van der Waals surface area contributed by atoms with Crippen molar-refractivity contribution in [1.29, 1.82) is 0 Å². The van der Waals surface area contributed by atoms with Crippen molar-refractivity contribution in [2.45, 2.75) is 27.7 Å². The van der Waals surface area contributed by atoms with E-state index in [0.717, 1.165) is 6.54 Å². The molecule has 0 atom stereocenters. The molecule has 0 radical (unpaired) electrons. The van der Waals surface area contributed by atoms with Gasteiger partial charge in [0, 0.05) is 7.05 Å². The highest BCUT2D eigenvalue weighted by Gasteiger charge is 2.03.